The van der Waals surface area contributed by atoms with E-state index in [-0.39, 0.29) is 0 Å². The van der Waals surface area contributed by atoms with E-state index in [0.717, 1.165) is 28.1 Å². The minimum atomic E-state index is -3.55. The van der Waals surface area contributed by atoms with Crippen molar-refractivity contribution in [3.63, 3.8) is 0 Å². The van der Waals surface area contributed by atoms with E-state index >= 15 is 0 Å². The Kier molecular flexibility index (Phi) is 5.54. The fourth-order valence-corrected chi connectivity index (χ4v) is 5.43. The Morgan fingerprint density at radius 1 is 1.03 bits per heavy atom. The van der Waals surface area contributed by atoms with Crippen LogP contribution in [0.2, 0.25) is 0 Å². The molecule has 1 aromatic heterocycles. The van der Waals surface area contributed by atoms with Crippen LogP contribution in [-0.4, -0.2) is 29.0 Å². The molecule has 0 fully saturated rings. The van der Waals surface area contributed by atoms with E-state index in [9.17, 15) is 8.42 Å². The van der Waals surface area contributed by atoms with Crippen LogP contribution in [0, 0.1) is 6.92 Å². The first-order valence-electron chi connectivity index (χ1n) is 9.68. The fourth-order valence-electron chi connectivity index (χ4n) is 3.79. The van der Waals surface area contributed by atoms with Gasteiger partial charge >= 0.3 is 0 Å². The second-order valence-electron chi connectivity index (χ2n) is 7.33. The molecule has 0 unspecified atom stereocenters. The van der Waals surface area contributed by atoms with E-state index in [4.69, 9.17) is 4.74 Å². The van der Waals surface area contributed by atoms with Crippen molar-refractivity contribution in [1.82, 2.24) is 14.1 Å². The predicted molar refractivity (Wildman–Crippen MR) is 111 cm³/mol. The summed E-state index contributed by atoms with van der Waals surface area (Å²) >= 11 is 0. The highest BCUT2D eigenvalue weighted by atomic mass is 32.2. The summed E-state index contributed by atoms with van der Waals surface area (Å²) in [5.41, 5.74) is 4.71. The number of nitrogens with zero attached hydrogens (tertiary/aromatic N) is 3. The zero-order valence-corrected chi connectivity index (χ0v) is 17.5. The molecule has 152 valence electrons. The number of aromatic nitrogens is 2. The van der Waals surface area contributed by atoms with E-state index in [1.807, 2.05) is 61.1 Å². The molecule has 1 aliphatic heterocycles. The molecule has 0 N–H and O–H groups in total. The van der Waals surface area contributed by atoms with Crippen LogP contribution < -0.4 is 0 Å². The Morgan fingerprint density at radius 3 is 2.52 bits per heavy atom. The number of sulfonamides is 1. The molecule has 0 spiro atoms. The lowest BCUT2D eigenvalue weighted by Crippen LogP contribution is -2.36. The zero-order valence-electron chi connectivity index (χ0n) is 16.7. The Morgan fingerprint density at radius 2 is 1.76 bits per heavy atom. The van der Waals surface area contributed by atoms with Crippen LogP contribution in [0.25, 0.3) is 0 Å². The molecule has 0 aliphatic carbocycles. The fraction of sp³-hybridized carbons (Fsp3) is 0.318. The van der Waals surface area contributed by atoms with Gasteiger partial charge in [-0.3, -0.25) is 4.68 Å². The lowest BCUT2D eigenvalue weighted by atomic mass is 10.1. The monoisotopic (exact) mass is 411 g/mol. The van der Waals surface area contributed by atoms with Gasteiger partial charge in [-0.15, -0.1) is 0 Å². The first kappa shape index (κ1) is 19.8. The van der Waals surface area contributed by atoms with Crippen molar-refractivity contribution in [2.75, 3.05) is 6.54 Å². The van der Waals surface area contributed by atoms with E-state index in [0.29, 0.717) is 37.6 Å². The number of rotatable bonds is 6. The van der Waals surface area contributed by atoms with Crippen molar-refractivity contribution in [1.29, 1.82) is 0 Å². The Labute approximate surface area is 171 Å². The van der Waals surface area contributed by atoms with Gasteiger partial charge in [0.25, 0.3) is 0 Å². The molecule has 4 rings (SSSR count). The number of hydrogen-bond donors (Lipinski definition) is 0. The number of ether oxygens (including phenoxy) is 1. The predicted octanol–water partition coefficient (Wildman–Crippen LogP) is 3.19. The van der Waals surface area contributed by atoms with Gasteiger partial charge in [0, 0.05) is 37.8 Å². The van der Waals surface area contributed by atoms with E-state index in [1.54, 1.807) is 16.4 Å². The minimum Gasteiger partial charge on any atom is -0.370 e. The van der Waals surface area contributed by atoms with Crippen molar-refractivity contribution < 1.29 is 13.2 Å². The third-order valence-corrected chi connectivity index (χ3v) is 7.36. The first-order valence-corrected chi connectivity index (χ1v) is 11.1. The maximum absolute atomic E-state index is 13.2. The van der Waals surface area contributed by atoms with Gasteiger partial charge in [0.2, 0.25) is 10.0 Å². The third kappa shape index (κ3) is 3.99. The molecule has 2 aromatic carbocycles. The highest BCUT2D eigenvalue weighted by molar-refractivity contribution is 7.89. The van der Waals surface area contributed by atoms with Crippen molar-refractivity contribution >= 4 is 10.0 Å². The molecule has 0 saturated carbocycles. The molecule has 3 aromatic rings. The summed E-state index contributed by atoms with van der Waals surface area (Å²) < 4.78 is 35.7. The maximum atomic E-state index is 13.2. The van der Waals surface area contributed by atoms with Crippen molar-refractivity contribution in [3.8, 4) is 0 Å². The van der Waals surface area contributed by atoms with Crippen LogP contribution in [0.15, 0.2) is 59.5 Å². The molecule has 0 bridgehead atoms. The van der Waals surface area contributed by atoms with Crippen LogP contribution >= 0.6 is 0 Å². The van der Waals surface area contributed by atoms with Gasteiger partial charge < -0.3 is 4.74 Å². The molecule has 6 nitrogen and oxygen atoms in total. The summed E-state index contributed by atoms with van der Waals surface area (Å²) in [6.07, 6.45) is 0.641. The van der Waals surface area contributed by atoms with E-state index in [1.165, 1.54) is 0 Å². The summed E-state index contributed by atoms with van der Waals surface area (Å²) in [5.74, 6) is 0. The highest BCUT2D eigenvalue weighted by Crippen LogP contribution is 2.28. The topological polar surface area (TPSA) is 64.4 Å². The minimum absolute atomic E-state index is 0.323. The summed E-state index contributed by atoms with van der Waals surface area (Å²) in [6, 6.07) is 17.1. The quantitative estimate of drug-likeness (QED) is 0.625. The summed E-state index contributed by atoms with van der Waals surface area (Å²) in [5, 5.41) is 4.60. The van der Waals surface area contributed by atoms with Gasteiger partial charge in [-0.2, -0.15) is 9.40 Å². The number of fused-ring (bicyclic) bond motifs is 1. The molecular formula is C22H25N3O3S. The summed E-state index contributed by atoms with van der Waals surface area (Å²) in [4.78, 5) is 0.370. The summed E-state index contributed by atoms with van der Waals surface area (Å²) in [7, 11) is -1.64. The van der Waals surface area contributed by atoms with Crippen LogP contribution in [0.5, 0.6) is 0 Å². The molecule has 1 aliphatic rings. The van der Waals surface area contributed by atoms with Crippen LogP contribution in [-0.2, 0) is 48.0 Å². The SMILES string of the molecule is Cc1ccccc1S(=O)(=O)N1CCc2c(c(COCc3ccccc3)nn2C)C1. The van der Waals surface area contributed by atoms with E-state index in [2.05, 4.69) is 5.10 Å². The van der Waals surface area contributed by atoms with Gasteiger partial charge in [0.15, 0.2) is 0 Å². The van der Waals surface area contributed by atoms with Crippen LogP contribution in [0.4, 0.5) is 0 Å². The second kappa shape index (κ2) is 8.10. The molecule has 29 heavy (non-hydrogen) atoms. The Balaban J connectivity index is 1.53. The zero-order chi connectivity index (χ0) is 20.4. The standard InChI is InChI=1S/C22H25N3O3S/c1-17-8-6-7-11-22(17)29(26,27)25-13-12-21-19(14-25)20(23-24(21)2)16-28-15-18-9-4-3-5-10-18/h3-11H,12-16H2,1-2H3. The molecule has 7 heteroatoms. The lowest BCUT2D eigenvalue weighted by molar-refractivity contribution is 0.103. The van der Waals surface area contributed by atoms with Gasteiger partial charge in [-0.05, 0) is 24.1 Å². The van der Waals surface area contributed by atoms with Gasteiger partial charge in [0.05, 0.1) is 23.8 Å². The smallest absolute Gasteiger partial charge is 0.243 e. The van der Waals surface area contributed by atoms with Gasteiger partial charge in [0.1, 0.15) is 0 Å². The highest BCUT2D eigenvalue weighted by Gasteiger charge is 2.32. The molecular weight excluding hydrogens is 386 g/mol. The van der Waals surface area contributed by atoms with Crippen molar-refractivity contribution in [2.45, 2.75) is 38.0 Å². The maximum Gasteiger partial charge on any atom is 0.243 e. The number of benzene rings is 2. The second-order valence-corrected chi connectivity index (χ2v) is 9.23. The molecule has 0 atom stereocenters. The molecule has 0 saturated heterocycles. The Hall–Kier alpha value is -2.48. The van der Waals surface area contributed by atoms with Crippen LogP contribution in [0.3, 0.4) is 0 Å². The van der Waals surface area contributed by atoms with Crippen LogP contribution in [0.1, 0.15) is 28.1 Å². The molecule has 2 heterocycles. The largest absolute Gasteiger partial charge is 0.370 e. The number of hydrogen-bond acceptors (Lipinski definition) is 4. The summed E-state index contributed by atoms with van der Waals surface area (Å²) in [6.45, 7) is 3.46. The van der Waals surface area contributed by atoms with Gasteiger partial charge in [-0.1, -0.05) is 48.5 Å². The van der Waals surface area contributed by atoms with Crippen molar-refractivity contribution in [3.05, 3.63) is 82.7 Å². The van der Waals surface area contributed by atoms with Gasteiger partial charge in [-0.25, -0.2) is 8.42 Å². The van der Waals surface area contributed by atoms with Crippen molar-refractivity contribution in [2.24, 2.45) is 7.05 Å². The number of aryl methyl sites for hydroxylation is 2. The lowest BCUT2D eigenvalue weighted by Gasteiger charge is -2.27. The molecule has 0 amide bonds. The average molecular weight is 412 g/mol. The Bertz CT molecular complexity index is 1110. The molecule has 0 radical (unpaired) electrons. The average Bonchev–Trinajstić information content (AvgIpc) is 3.04. The normalized spacial score (nSPS) is 14.7. The third-order valence-electron chi connectivity index (χ3n) is 5.35. The van der Waals surface area contributed by atoms with E-state index < -0.39 is 10.0 Å². The first-order chi connectivity index (χ1) is 14.0.